The largest absolute Gasteiger partial charge is 0.350 e. The number of halogens is 2. The Morgan fingerprint density at radius 1 is 1.47 bits per heavy atom. The predicted octanol–water partition coefficient (Wildman–Crippen LogP) is 0.922. The van der Waals surface area contributed by atoms with Crippen LogP contribution in [0.2, 0.25) is 0 Å². The van der Waals surface area contributed by atoms with Crippen molar-refractivity contribution in [2.75, 3.05) is 19.6 Å². The molecule has 1 heterocycles. The van der Waals surface area contributed by atoms with Gasteiger partial charge < -0.3 is 16.0 Å². The van der Waals surface area contributed by atoms with Gasteiger partial charge in [-0.3, -0.25) is 4.79 Å². The normalized spacial score (nSPS) is 26.4. The maximum atomic E-state index is 11.7. The minimum absolute atomic E-state index is 0. The summed E-state index contributed by atoms with van der Waals surface area (Å²) in [5, 5.41) is 3.08. The lowest BCUT2D eigenvalue weighted by Crippen LogP contribution is -2.52. The van der Waals surface area contributed by atoms with Crippen molar-refractivity contribution in [2.45, 2.75) is 44.2 Å². The van der Waals surface area contributed by atoms with Crippen LogP contribution in [0, 0.1) is 0 Å². The highest BCUT2D eigenvalue weighted by Crippen LogP contribution is 2.32. The summed E-state index contributed by atoms with van der Waals surface area (Å²) in [5.41, 5.74) is 5.33. The molecule has 0 spiro atoms. The number of nitrogens with zero attached hydrogens (tertiary/aromatic N) is 1. The third-order valence-electron chi connectivity index (χ3n) is 3.53. The summed E-state index contributed by atoms with van der Waals surface area (Å²) in [5.74, 6) is 0.0606. The van der Waals surface area contributed by atoms with Crippen molar-refractivity contribution in [3.8, 4) is 0 Å². The number of hydrogen-bond donors (Lipinski definition) is 2. The van der Waals surface area contributed by atoms with Crippen LogP contribution >= 0.6 is 24.8 Å². The summed E-state index contributed by atoms with van der Waals surface area (Å²) in [6, 6.07) is 0.312. The zero-order valence-corrected chi connectivity index (χ0v) is 11.9. The Balaban J connectivity index is 0.00000128. The van der Waals surface area contributed by atoms with Gasteiger partial charge in [0.2, 0.25) is 5.91 Å². The maximum absolute atomic E-state index is 11.7. The molecule has 1 unspecified atom stereocenters. The quantitative estimate of drug-likeness (QED) is 0.810. The molecule has 2 aliphatic rings. The summed E-state index contributed by atoms with van der Waals surface area (Å²) >= 11 is 0. The summed E-state index contributed by atoms with van der Waals surface area (Å²) in [7, 11) is 0. The molecule has 6 heteroatoms. The van der Waals surface area contributed by atoms with E-state index in [1.165, 1.54) is 6.42 Å². The van der Waals surface area contributed by atoms with Gasteiger partial charge in [0.1, 0.15) is 0 Å². The molecule has 1 amide bonds. The zero-order chi connectivity index (χ0) is 10.9. The average molecular weight is 284 g/mol. The van der Waals surface area contributed by atoms with Gasteiger partial charge in [-0.2, -0.15) is 0 Å². The topological polar surface area (TPSA) is 58.4 Å². The molecule has 1 aliphatic heterocycles. The number of nitrogens with one attached hydrogen (secondary N) is 1. The second-order valence-electron chi connectivity index (χ2n) is 4.86. The Labute approximate surface area is 115 Å². The number of likely N-dealkylation sites (tertiary alicyclic amines) is 1. The third-order valence-corrected chi connectivity index (χ3v) is 3.53. The summed E-state index contributed by atoms with van der Waals surface area (Å²) in [6.07, 6.45) is 3.97. The van der Waals surface area contributed by atoms with E-state index in [9.17, 15) is 4.79 Å². The van der Waals surface area contributed by atoms with Crippen molar-refractivity contribution < 1.29 is 4.79 Å². The Bertz CT molecular complexity index is 259. The van der Waals surface area contributed by atoms with Crippen LogP contribution in [0.25, 0.3) is 0 Å². The van der Waals surface area contributed by atoms with Crippen LogP contribution in [-0.4, -0.2) is 42.0 Å². The van der Waals surface area contributed by atoms with Crippen LogP contribution in [0.1, 0.15) is 32.6 Å². The van der Waals surface area contributed by atoms with E-state index >= 15 is 0 Å². The van der Waals surface area contributed by atoms with Gasteiger partial charge in [0.05, 0.1) is 5.54 Å². The van der Waals surface area contributed by atoms with Crippen LogP contribution < -0.4 is 11.1 Å². The van der Waals surface area contributed by atoms with Crippen molar-refractivity contribution in [1.29, 1.82) is 0 Å². The van der Waals surface area contributed by atoms with E-state index in [1.807, 2.05) is 0 Å². The summed E-state index contributed by atoms with van der Waals surface area (Å²) < 4.78 is 0. The van der Waals surface area contributed by atoms with Gasteiger partial charge in [-0.1, -0.05) is 6.92 Å². The molecule has 2 rings (SSSR count). The molecular weight excluding hydrogens is 261 g/mol. The van der Waals surface area contributed by atoms with E-state index in [-0.39, 0.29) is 30.7 Å². The number of piperidine rings is 1. The van der Waals surface area contributed by atoms with Crippen molar-refractivity contribution in [3.05, 3.63) is 0 Å². The second kappa shape index (κ2) is 6.78. The van der Waals surface area contributed by atoms with E-state index in [0.29, 0.717) is 6.04 Å². The highest BCUT2D eigenvalue weighted by Gasteiger charge is 2.46. The molecular formula is C11H23Cl2N3O. The minimum Gasteiger partial charge on any atom is -0.350 e. The fraction of sp³-hybridized carbons (Fsp3) is 0.909. The number of carbonyl (C=O) groups is 1. The average Bonchev–Trinajstić information content (AvgIpc) is 2.98. The number of carbonyl (C=O) groups excluding carboxylic acids is 1. The van der Waals surface area contributed by atoms with Crippen LogP contribution in [0.5, 0.6) is 0 Å². The minimum atomic E-state index is -0.519. The number of rotatable bonds is 3. The first kappa shape index (κ1) is 17.0. The molecule has 0 aromatic rings. The lowest BCUT2D eigenvalue weighted by molar-refractivity contribution is -0.124. The first-order valence-electron chi connectivity index (χ1n) is 5.96. The Morgan fingerprint density at radius 2 is 2.12 bits per heavy atom. The van der Waals surface area contributed by atoms with Gasteiger partial charge >= 0.3 is 0 Å². The standard InChI is InChI=1S/C11H21N3O.2ClH/c1-2-14-7-3-4-9(8-14)13-10(15)11(12)5-6-11;;/h9H,2-8,12H2,1H3,(H,13,15);2*1H. The Hall–Kier alpha value is -0.0300. The molecule has 1 saturated carbocycles. The van der Waals surface area contributed by atoms with Crippen LogP contribution in [0.4, 0.5) is 0 Å². The Kier molecular flexibility index (Phi) is 6.77. The van der Waals surface area contributed by atoms with Gasteiger partial charge in [-0.25, -0.2) is 0 Å². The molecule has 3 N–H and O–H groups in total. The molecule has 2 fully saturated rings. The van der Waals surface area contributed by atoms with Gasteiger partial charge in [0.15, 0.2) is 0 Å². The first-order chi connectivity index (χ1) is 7.14. The number of amides is 1. The van der Waals surface area contributed by atoms with Crippen molar-refractivity contribution in [3.63, 3.8) is 0 Å². The van der Waals surface area contributed by atoms with Crippen LogP contribution in [0.15, 0.2) is 0 Å². The molecule has 0 bridgehead atoms. The maximum Gasteiger partial charge on any atom is 0.240 e. The predicted molar refractivity (Wildman–Crippen MR) is 73.9 cm³/mol. The molecule has 1 atom stereocenters. The number of nitrogens with two attached hydrogens (primary N) is 1. The Morgan fingerprint density at radius 3 is 2.65 bits per heavy atom. The SMILES string of the molecule is CCN1CCCC(NC(=O)C2(N)CC2)C1.Cl.Cl. The van der Waals surface area contributed by atoms with Gasteiger partial charge in [0.25, 0.3) is 0 Å². The lowest BCUT2D eigenvalue weighted by Gasteiger charge is -2.32. The highest BCUT2D eigenvalue weighted by molar-refractivity contribution is 5.89. The van der Waals surface area contributed by atoms with E-state index in [2.05, 4.69) is 17.1 Å². The third kappa shape index (κ3) is 4.28. The van der Waals surface area contributed by atoms with E-state index in [4.69, 9.17) is 5.73 Å². The molecule has 0 radical (unpaired) electrons. The molecule has 0 aromatic carbocycles. The lowest BCUT2D eigenvalue weighted by atomic mass is 10.1. The first-order valence-corrected chi connectivity index (χ1v) is 5.96. The van der Waals surface area contributed by atoms with Crippen molar-refractivity contribution in [1.82, 2.24) is 10.2 Å². The summed E-state index contributed by atoms with van der Waals surface area (Å²) in [6.45, 7) is 5.38. The van der Waals surface area contributed by atoms with E-state index in [1.54, 1.807) is 0 Å². The molecule has 1 aliphatic carbocycles. The monoisotopic (exact) mass is 283 g/mol. The molecule has 0 aromatic heterocycles. The van der Waals surface area contributed by atoms with Crippen LogP contribution in [-0.2, 0) is 4.79 Å². The fourth-order valence-electron chi connectivity index (χ4n) is 2.15. The molecule has 4 nitrogen and oxygen atoms in total. The fourth-order valence-corrected chi connectivity index (χ4v) is 2.15. The van der Waals surface area contributed by atoms with Crippen LogP contribution in [0.3, 0.4) is 0 Å². The van der Waals surface area contributed by atoms with E-state index in [0.717, 1.165) is 38.9 Å². The van der Waals surface area contributed by atoms with Gasteiger partial charge in [0, 0.05) is 12.6 Å². The molecule has 1 saturated heterocycles. The summed E-state index contributed by atoms with van der Waals surface area (Å²) in [4.78, 5) is 14.1. The zero-order valence-electron chi connectivity index (χ0n) is 10.3. The molecule has 17 heavy (non-hydrogen) atoms. The number of likely N-dealkylation sites (N-methyl/N-ethyl adjacent to an activating group) is 1. The van der Waals surface area contributed by atoms with Crippen molar-refractivity contribution in [2.24, 2.45) is 5.73 Å². The highest BCUT2D eigenvalue weighted by atomic mass is 35.5. The second-order valence-corrected chi connectivity index (χ2v) is 4.86. The van der Waals surface area contributed by atoms with Crippen molar-refractivity contribution >= 4 is 30.7 Å². The smallest absolute Gasteiger partial charge is 0.240 e. The van der Waals surface area contributed by atoms with E-state index < -0.39 is 5.54 Å². The van der Waals surface area contributed by atoms with Gasteiger partial charge in [-0.05, 0) is 38.8 Å². The number of hydrogen-bond acceptors (Lipinski definition) is 3. The van der Waals surface area contributed by atoms with Gasteiger partial charge in [-0.15, -0.1) is 24.8 Å². The molecule has 102 valence electrons.